The Bertz CT molecular complexity index is 618. The number of phenolic OH excluding ortho intramolecular Hbond substituents is 1. The number of phenols is 1. The molecule has 20 heavy (non-hydrogen) atoms. The van der Waals surface area contributed by atoms with Gasteiger partial charge in [0.15, 0.2) is 0 Å². The molecule has 0 aliphatic rings. The summed E-state index contributed by atoms with van der Waals surface area (Å²) in [7, 11) is 0. The lowest BCUT2D eigenvalue weighted by atomic mass is 9.84. The SMILES string of the molecule is CC(C)(C)c1c([N+](=O)[O-])cc([N+](=O)[O-])c(O)c1[N+](=O)[O-]. The van der Waals surface area contributed by atoms with Crippen LogP contribution < -0.4 is 0 Å². The summed E-state index contributed by atoms with van der Waals surface area (Å²) in [5, 5.41) is 42.5. The second kappa shape index (κ2) is 4.72. The molecule has 0 bridgehead atoms. The van der Waals surface area contributed by atoms with Crippen molar-refractivity contribution in [1.29, 1.82) is 0 Å². The van der Waals surface area contributed by atoms with E-state index >= 15 is 0 Å². The number of nitro groups is 3. The van der Waals surface area contributed by atoms with E-state index in [4.69, 9.17) is 0 Å². The predicted octanol–water partition coefficient (Wildman–Crippen LogP) is 2.41. The van der Waals surface area contributed by atoms with E-state index in [9.17, 15) is 35.4 Å². The lowest BCUT2D eigenvalue weighted by Gasteiger charge is -2.18. The van der Waals surface area contributed by atoms with E-state index in [2.05, 4.69) is 0 Å². The van der Waals surface area contributed by atoms with Crippen molar-refractivity contribution in [2.45, 2.75) is 26.2 Å². The molecule has 0 heterocycles. The number of hydrogen-bond acceptors (Lipinski definition) is 7. The zero-order chi connectivity index (χ0) is 15.8. The van der Waals surface area contributed by atoms with Crippen LogP contribution in [0.5, 0.6) is 5.75 Å². The van der Waals surface area contributed by atoms with Gasteiger partial charge in [-0.1, -0.05) is 20.8 Å². The van der Waals surface area contributed by atoms with Crippen LogP contribution in [0, 0.1) is 30.3 Å². The Balaban J connectivity index is 3.99. The number of hydrogen-bond donors (Lipinski definition) is 1. The van der Waals surface area contributed by atoms with E-state index in [1.165, 1.54) is 20.8 Å². The van der Waals surface area contributed by atoms with E-state index in [1.54, 1.807) is 0 Å². The molecule has 1 aromatic rings. The third-order valence-corrected chi connectivity index (χ3v) is 2.56. The zero-order valence-corrected chi connectivity index (χ0v) is 10.8. The largest absolute Gasteiger partial charge is 0.497 e. The van der Waals surface area contributed by atoms with Crippen molar-refractivity contribution < 1.29 is 19.9 Å². The van der Waals surface area contributed by atoms with Crippen LogP contribution in [0.3, 0.4) is 0 Å². The smallest absolute Gasteiger partial charge is 0.328 e. The highest BCUT2D eigenvalue weighted by molar-refractivity contribution is 5.72. The van der Waals surface area contributed by atoms with E-state index in [0.29, 0.717) is 6.07 Å². The molecule has 0 fully saturated rings. The summed E-state index contributed by atoms with van der Waals surface area (Å²) in [5.74, 6) is -1.18. The molecule has 0 amide bonds. The maximum Gasteiger partial charge on any atom is 0.328 e. The molecule has 0 unspecified atom stereocenters. The normalized spacial score (nSPS) is 11.2. The van der Waals surface area contributed by atoms with Crippen molar-refractivity contribution in [2.24, 2.45) is 0 Å². The fraction of sp³-hybridized carbons (Fsp3) is 0.400. The average Bonchev–Trinajstić information content (AvgIpc) is 2.25. The van der Waals surface area contributed by atoms with Gasteiger partial charge in [0.2, 0.25) is 0 Å². The molecule has 0 aromatic heterocycles. The Labute approximate surface area is 112 Å². The zero-order valence-electron chi connectivity index (χ0n) is 10.8. The molecule has 0 saturated carbocycles. The highest BCUT2D eigenvalue weighted by atomic mass is 16.6. The monoisotopic (exact) mass is 285 g/mol. The maximum absolute atomic E-state index is 11.0. The second-order valence-corrected chi connectivity index (χ2v) is 5.01. The first-order valence-corrected chi connectivity index (χ1v) is 5.32. The van der Waals surface area contributed by atoms with Gasteiger partial charge in [-0.3, -0.25) is 30.3 Å². The van der Waals surface area contributed by atoms with Crippen LogP contribution in [0.25, 0.3) is 0 Å². The van der Waals surface area contributed by atoms with Gasteiger partial charge < -0.3 is 5.11 Å². The van der Waals surface area contributed by atoms with Crippen LogP contribution in [0.2, 0.25) is 0 Å². The van der Waals surface area contributed by atoms with Crippen molar-refractivity contribution in [3.63, 3.8) is 0 Å². The van der Waals surface area contributed by atoms with Crippen LogP contribution in [-0.4, -0.2) is 19.9 Å². The molecule has 0 aliphatic carbocycles. The van der Waals surface area contributed by atoms with E-state index in [1.807, 2.05) is 0 Å². The molecule has 0 aliphatic heterocycles. The Morgan fingerprint density at radius 2 is 1.40 bits per heavy atom. The van der Waals surface area contributed by atoms with Crippen LogP contribution in [0.4, 0.5) is 17.1 Å². The first kappa shape index (κ1) is 15.3. The van der Waals surface area contributed by atoms with Crippen molar-refractivity contribution in [3.8, 4) is 5.75 Å². The summed E-state index contributed by atoms with van der Waals surface area (Å²) >= 11 is 0. The standard InChI is InChI=1S/C10H11N3O7/c1-10(2,3)7-5(11(15)16)4-6(12(17)18)9(14)8(7)13(19)20/h4,14H,1-3H3. The molecular formula is C10H11N3O7. The number of nitrogens with zero attached hydrogens (tertiary/aromatic N) is 3. The fourth-order valence-corrected chi connectivity index (χ4v) is 1.83. The summed E-state index contributed by atoms with van der Waals surface area (Å²) in [4.78, 5) is 29.7. The number of nitro benzene ring substituents is 3. The molecule has 1 rings (SSSR count). The predicted molar refractivity (Wildman–Crippen MR) is 66.8 cm³/mol. The Morgan fingerprint density at radius 3 is 1.70 bits per heavy atom. The van der Waals surface area contributed by atoms with Crippen molar-refractivity contribution in [1.82, 2.24) is 0 Å². The molecular weight excluding hydrogens is 274 g/mol. The second-order valence-electron chi connectivity index (χ2n) is 5.01. The quantitative estimate of drug-likeness (QED) is 0.661. The van der Waals surface area contributed by atoms with Gasteiger partial charge in [0.1, 0.15) is 5.56 Å². The summed E-state index contributed by atoms with van der Waals surface area (Å²) in [5.41, 5.74) is -4.28. The van der Waals surface area contributed by atoms with Gasteiger partial charge in [-0.15, -0.1) is 0 Å². The first-order chi connectivity index (χ1) is 8.98. The van der Waals surface area contributed by atoms with Gasteiger partial charge >= 0.3 is 11.4 Å². The van der Waals surface area contributed by atoms with Crippen molar-refractivity contribution in [2.75, 3.05) is 0 Å². The molecule has 1 N–H and O–H groups in total. The van der Waals surface area contributed by atoms with Crippen molar-refractivity contribution in [3.05, 3.63) is 42.0 Å². The highest BCUT2D eigenvalue weighted by Gasteiger charge is 2.41. The molecule has 10 heteroatoms. The van der Waals surface area contributed by atoms with E-state index in [0.717, 1.165) is 0 Å². The number of benzene rings is 1. The molecule has 1 aromatic carbocycles. The maximum atomic E-state index is 11.0. The van der Waals surface area contributed by atoms with Crippen LogP contribution in [-0.2, 0) is 5.41 Å². The Morgan fingerprint density at radius 1 is 0.950 bits per heavy atom. The first-order valence-electron chi connectivity index (χ1n) is 5.32. The van der Waals surface area contributed by atoms with E-state index < -0.39 is 43.0 Å². The summed E-state index contributed by atoms with van der Waals surface area (Å²) in [6.45, 7) is 4.40. The molecule has 0 atom stereocenters. The van der Waals surface area contributed by atoms with Crippen LogP contribution >= 0.6 is 0 Å². The average molecular weight is 285 g/mol. The minimum atomic E-state index is -1.18. The van der Waals surface area contributed by atoms with Crippen LogP contribution in [0.1, 0.15) is 26.3 Å². The van der Waals surface area contributed by atoms with Gasteiger partial charge in [-0.2, -0.15) is 0 Å². The molecule has 0 radical (unpaired) electrons. The molecule has 0 spiro atoms. The third-order valence-electron chi connectivity index (χ3n) is 2.56. The minimum Gasteiger partial charge on any atom is -0.497 e. The van der Waals surface area contributed by atoms with Gasteiger partial charge in [0.25, 0.3) is 11.4 Å². The lowest BCUT2D eigenvalue weighted by molar-refractivity contribution is -0.406. The summed E-state index contributed by atoms with van der Waals surface area (Å²) in [6, 6.07) is 0.531. The van der Waals surface area contributed by atoms with Gasteiger partial charge in [0, 0.05) is 5.41 Å². The Kier molecular flexibility index (Phi) is 3.60. The number of rotatable bonds is 3. The van der Waals surface area contributed by atoms with E-state index in [-0.39, 0.29) is 5.56 Å². The summed E-state index contributed by atoms with van der Waals surface area (Å²) in [6.07, 6.45) is 0. The summed E-state index contributed by atoms with van der Waals surface area (Å²) < 4.78 is 0. The topological polar surface area (TPSA) is 150 Å². The van der Waals surface area contributed by atoms with Gasteiger partial charge in [-0.05, 0) is 0 Å². The lowest BCUT2D eigenvalue weighted by Crippen LogP contribution is -2.17. The van der Waals surface area contributed by atoms with Crippen LogP contribution in [0.15, 0.2) is 6.07 Å². The molecule has 0 saturated heterocycles. The molecule has 108 valence electrons. The fourth-order valence-electron chi connectivity index (χ4n) is 1.83. The number of aromatic hydroxyl groups is 1. The Hall–Kier alpha value is -2.78. The highest BCUT2D eigenvalue weighted by Crippen LogP contribution is 2.48. The van der Waals surface area contributed by atoms with Gasteiger partial charge in [0.05, 0.1) is 20.8 Å². The third kappa shape index (κ3) is 2.48. The molecule has 10 nitrogen and oxygen atoms in total. The van der Waals surface area contributed by atoms with Gasteiger partial charge in [-0.25, -0.2) is 0 Å². The minimum absolute atomic E-state index is 0.365. The van der Waals surface area contributed by atoms with Crippen molar-refractivity contribution >= 4 is 17.1 Å².